The summed E-state index contributed by atoms with van der Waals surface area (Å²) in [5, 5.41) is 14.9. The van der Waals surface area contributed by atoms with Crippen LogP contribution in [0, 0.1) is 0 Å². The Morgan fingerprint density at radius 3 is 2.43 bits per heavy atom. The van der Waals surface area contributed by atoms with E-state index in [-0.39, 0.29) is 24.8 Å². The molecule has 1 heterocycles. The van der Waals surface area contributed by atoms with Crippen molar-refractivity contribution in [2.45, 2.75) is 25.6 Å². The Bertz CT molecular complexity index is 443. The molecule has 0 aliphatic rings. The van der Waals surface area contributed by atoms with Crippen LogP contribution >= 0.6 is 0 Å². The lowest BCUT2D eigenvalue weighted by atomic mass is 10.2. The zero-order chi connectivity index (χ0) is 15.9. The molecule has 3 N–H and O–H groups in total. The summed E-state index contributed by atoms with van der Waals surface area (Å²) in [4.78, 5) is 6.84. The first-order valence-electron chi connectivity index (χ1n) is 6.47. The van der Waals surface area contributed by atoms with Crippen molar-refractivity contribution in [1.82, 2.24) is 9.97 Å². The van der Waals surface area contributed by atoms with Gasteiger partial charge in [-0.25, -0.2) is 9.97 Å². The van der Waals surface area contributed by atoms with Crippen LogP contribution in [0.15, 0.2) is 6.07 Å². The molecule has 1 rings (SSSR count). The van der Waals surface area contributed by atoms with Crippen molar-refractivity contribution >= 4 is 11.6 Å². The molecule has 21 heavy (non-hydrogen) atoms. The van der Waals surface area contributed by atoms with Gasteiger partial charge in [0.25, 0.3) is 0 Å². The summed E-state index contributed by atoms with van der Waals surface area (Å²) in [6.07, 6.45) is -4.97. The number of ether oxygens (including phenoxy) is 1. The molecule has 0 saturated heterocycles. The largest absolute Gasteiger partial charge is 0.451 e. The van der Waals surface area contributed by atoms with Gasteiger partial charge < -0.3 is 20.5 Å². The van der Waals surface area contributed by atoms with Gasteiger partial charge in [-0.05, 0) is 13.3 Å². The van der Waals surface area contributed by atoms with E-state index in [1.807, 2.05) is 0 Å². The van der Waals surface area contributed by atoms with Gasteiger partial charge in [0.1, 0.15) is 11.6 Å². The van der Waals surface area contributed by atoms with Crippen molar-refractivity contribution in [3.8, 4) is 0 Å². The first kappa shape index (κ1) is 17.4. The highest BCUT2D eigenvalue weighted by molar-refractivity contribution is 5.47. The number of halogens is 3. The van der Waals surface area contributed by atoms with Crippen LogP contribution in [0.25, 0.3) is 0 Å². The molecule has 0 aliphatic heterocycles. The fourth-order valence-electron chi connectivity index (χ4n) is 1.58. The zero-order valence-electron chi connectivity index (χ0n) is 11.9. The Hall–Kier alpha value is -1.61. The molecule has 0 saturated carbocycles. The quantitative estimate of drug-likeness (QED) is 0.679. The summed E-state index contributed by atoms with van der Waals surface area (Å²) in [5.74, 6) is -1.06. The molecule has 1 aromatic rings. The molecular formula is C12H19F3N4O2. The lowest BCUT2D eigenvalue weighted by Gasteiger charge is -2.13. The van der Waals surface area contributed by atoms with Crippen LogP contribution in [0.4, 0.5) is 24.8 Å². The van der Waals surface area contributed by atoms with Crippen molar-refractivity contribution in [1.29, 1.82) is 0 Å². The zero-order valence-corrected chi connectivity index (χ0v) is 11.9. The number of alkyl halides is 3. The molecular weight excluding hydrogens is 289 g/mol. The highest BCUT2D eigenvalue weighted by Crippen LogP contribution is 2.28. The van der Waals surface area contributed by atoms with Gasteiger partial charge in [-0.15, -0.1) is 0 Å². The molecule has 0 aromatic carbocycles. The molecule has 0 spiro atoms. The molecule has 9 heteroatoms. The van der Waals surface area contributed by atoms with E-state index in [0.29, 0.717) is 13.0 Å². The van der Waals surface area contributed by atoms with E-state index in [9.17, 15) is 18.3 Å². The maximum atomic E-state index is 12.7. The van der Waals surface area contributed by atoms with Crippen LogP contribution in [0.3, 0.4) is 0 Å². The monoisotopic (exact) mass is 308 g/mol. The van der Waals surface area contributed by atoms with Gasteiger partial charge in [-0.1, -0.05) is 0 Å². The summed E-state index contributed by atoms with van der Waals surface area (Å²) < 4.78 is 42.9. The van der Waals surface area contributed by atoms with Gasteiger partial charge in [0, 0.05) is 26.3 Å². The van der Waals surface area contributed by atoms with Crippen LogP contribution < -0.4 is 10.6 Å². The van der Waals surface area contributed by atoms with Gasteiger partial charge >= 0.3 is 6.18 Å². The maximum absolute atomic E-state index is 12.7. The number of rotatable bonds is 8. The van der Waals surface area contributed by atoms with Crippen LogP contribution in [0.1, 0.15) is 19.2 Å². The predicted octanol–water partition coefficient (Wildman–Crippen LogP) is 1.74. The number of aliphatic hydroxyl groups is 1. The van der Waals surface area contributed by atoms with Gasteiger partial charge in [0.15, 0.2) is 0 Å². The third-order valence-corrected chi connectivity index (χ3v) is 2.48. The van der Waals surface area contributed by atoms with Gasteiger partial charge in [-0.2, -0.15) is 13.2 Å². The topological polar surface area (TPSA) is 79.3 Å². The number of nitrogens with zero attached hydrogens (tertiary/aromatic N) is 2. The lowest BCUT2D eigenvalue weighted by molar-refractivity contribution is -0.144. The molecule has 1 aromatic heterocycles. The van der Waals surface area contributed by atoms with Gasteiger partial charge in [-0.3, -0.25) is 0 Å². The summed E-state index contributed by atoms with van der Waals surface area (Å²) in [6.45, 7) is 2.64. The maximum Gasteiger partial charge on any atom is 0.451 e. The summed E-state index contributed by atoms with van der Waals surface area (Å²) in [5.41, 5.74) is 0. The molecule has 0 fully saturated rings. The van der Waals surface area contributed by atoms with Gasteiger partial charge in [0.05, 0.1) is 12.7 Å². The molecule has 0 bridgehead atoms. The van der Waals surface area contributed by atoms with E-state index >= 15 is 0 Å². The summed E-state index contributed by atoms with van der Waals surface area (Å²) >= 11 is 0. The minimum Gasteiger partial charge on any atom is -0.391 e. The van der Waals surface area contributed by atoms with Crippen LogP contribution in [-0.4, -0.2) is 48.0 Å². The van der Waals surface area contributed by atoms with Crippen molar-refractivity contribution < 1.29 is 23.0 Å². The SMILES string of the molecule is CCNc1cc(NCCC(O)COC)nc(C(F)(F)F)n1. The number of nitrogens with one attached hydrogen (secondary N) is 2. The van der Waals surface area contributed by atoms with E-state index in [0.717, 1.165) is 0 Å². The molecule has 6 nitrogen and oxygen atoms in total. The first-order valence-corrected chi connectivity index (χ1v) is 6.47. The second-order valence-corrected chi connectivity index (χ2v) is 4.31. The second-order valence-electron chi connectivity index (χ2n) is 4.31. The van der Waals surface area contributed by atoms with Crippen molar-refractivity contribution in [3.05, 3.63) is 11.9 Å². The van der Waals surface area contributed by atoms with Crippen LogP contribution in [0.2, 0.25) is 0 Å². The Morgan fingerprint density at radius 1 is 1.29 bits per heavy atom. The number of methoxy groups -OCH3 is 1. The normalized spacial score (nSPS) is 13.0. The number of aliphatic hydroxyl groups excluding tert-OH is 1. The lowest BCUT2D eigenvalue weighted by Crippen LogP contribution is -2.20. The average molecular weight is 308 g/mol. The molecule has 0 amide bonds. The first-order chi connectivity index (χ1) is 9.86. The van der Waals surface area contributed by atoms with E-state index in [2.05, 4.69) is 20.6 Å². The highest BCUT2D eigenvalue weighted by Gasteiger charge is 2.35. The molecule has 120 valence electrons. The van der Waals surface area contributed by atoms with Crippen molar-refractivity contribution in [3.63, 3.8) is 0 Å². The standard InChI is InChI=1S/C12H19F3N4O2/c1-3-16-9-6-10(17-5-4-8(20)7-21-2)19-11(18-9)12(13,14)15/h6,8,20H,3-5,7H2,1-2H3,(H2,16,17,18,19). The number of hydrogen-bond acceptors (Lipinski definition) is 6. The van der Waals surface area contributed by atoms with Crippen molar-refractivity contribution in [2.75, 3.05) is 37.4 Å². The Morgan fingerprint density at radius 2 is 1.90 bits per heavy atom. The molecule has 1 atom stereocenters. The molecule has 1 unspecified atom stereocenters. The highest BCUT2D eigenvalue weighted by atomic mass is 19.4. The van der Waals surface area contributed by atoms with E-state index in [4.69, 9.17) is 4.74 Å². The van der Waals surface area contributed by atoms with Crippen molar-refractivity contribution in [2.24, 2.45) is 0 Å². The fourth-order valence-corrected chi connectivity index (χ4v) is 1.58. The minimum absolute atomic E-state index is 0.0536. The van der Waals surface area contributed by atoms with Crippen LogP contribution in [-0.2, 0) is 10.9 Å². The third kappa shape index (κ3) is 6.13. The Balaban J connectivity index is 2.74. The van der Waals surface area contributed by atoms with Gasteiger partial charge in [0.2, 0.25) is 5.82 Å². The smallest absolute Gasteiger partial charge is 0.391 e. The number of anilines is 2. The van der Waals surface area contributed by atoms with E-state index in [1.165, 1.54) is 13.2 Å². The molecule has 0 radical (unpaired) electrons. The summed E-state index contributed by atoms with van der Waals surface area (Å²) in [7, 11) is 1.46. The van der Waals surface area contributed by atoms with E-state index < -0.39 is 18.1 Å². The second kappa shape index (κ2) is 7.99. The predicted molar refractivity (Wildman–Crippen MR) is 72.2 cm³/mol. The van der Waals surface area contributed by atoms with E-state index in [1.54, 1.807) is 6.92 Å². The Labute approximate surface area is 120 Å². The summed E-state index contributed by atoms with van der Waals surface area (Å²) in [6, 6.07) is 1.39. The minimum atomic E-state index is -4.61. The Kier molecular flexibility index (Phi) is 6.63. The van der Waals surface area contributed by atoms with Crippen LogP contribution in [0.5, 0.6) is 0 Å². The number of aromatic nitrogens is 2. The fraction of sp³-hybridized carbons (Fsp3) is 0.667. The average Bonchev–Trinajstić information content (AvgIpc) is 2.38. The third-order valence-electron chi connectivity index (χ3n) is 2.48. The number of hydrogen-bond donors (Lipinski definition) is 3. The molecule has 0 aliphatic carbocycles.